The Morgan fingerprint density at radius 2 is 1.90 bits per heavy atom. The molecule has 1 fully saturated rings. The SMILES string of the molecule is O=C(Nc1cncc(-c2ccc3[nH]nc(-c4nc5nccc(-c6ccc(F)s6)c5[nH]4)c3c2F)c1)C1CCCCC1. The molecule has 5 aromatic heterocycles. The summed E-state index contributed by atoms with van der Waals surface area (Å²) < 4.78 is 29.9. The van der Waals surface area contributed by atoms with Crippen LogP contribution in [0.3, 0.4) is 0 Å². The summed E-state index contributed by atoms with van der Waals surface area (Å²) in [6, 6.07) is 10.0. The van der Waals surface area contributed by atoms with E-state index in [4.69, 9.17) is 0 Å². The van der Waals surface area contributed by atoms with E-state index in [9.17, 15) is 9.18 Å². The van der Waals surface area contributed by atoms with Crippen molar-refractivity contribution in [3.8, 4) is 33.1 Å². The van der Waals surface area contributed by atoms with Crippen molar-refractivity contribution < 1.29 is 13.6 Å². The molecule has 0 bridgehead atoms. The van der Waals surface area contributed by atoms with Crippen LogP contribution in [0.5, 0.6) is 0 Å². The van der Waals surface area contributed by atoms with Gasteiger partial charge in [0.05, 0.1) is 28.3 Å². The van der Waals surface area contributed by atoms with Gasteiger partial charge in [-0.2, -0.15) is 9.49 Å². The Morgan fingerprint density at radius 3 is 2.73 bits per heavy atom. The minimum absolute atomic E-state index is 0.00312. The summed E-state index contributed by atoms with van der Waals surface area (Å²) in [5.74, 6) is -0.180. The van der Waals surface area contributed by atoms with E-state index in [1.54, 1.807) is 48.9 Å². The number of aromatic nitrogens is 6. The van der Waals surface area contributed by atoms with Crippen LogP contribution in [-0.4, -0.2) is 36.0 Å². The zero-order valence-electron chi connectivity index (χ0n) is 21.2. The van der Waals surface area contributed by atoms with Crippen LogP contribution in [0.4, 0.5) is 14.5 Å². The molecule has 3 N–H and O–H groups in total. The largest absolute Gasteiger partial charge is 0.335 e. The summed E-state index contributed by atoms with van der Waals surface area (Å²) in [5, 5.41) is 10.2. The highest BCUT2D eigenvalue weighted by atomic mass is 32.1. The Hall–Kier alpha value is -4.51. The molecule has 1 aromatic carbocycles. The first-order valence-corrected chi connectivity index (χ1v) is 13.9. The summed E-state index contributed by atoms with van der Waals surface area (Å²) in [7, 11) is 0. The van der Waals surface area contributed by atoms with Crippen LogP contribution in [-0.2, 0) is 4.79 Å². The maximum absolute atomic E-state index is 16.1. The van der Waals surface area contributed by atoms with Gasteiger partial charge >= 0.3 is 0 Å². The number of halogens is 2. The third-order valence-corrected chi connectivity index (χ3v) is 8.32. The fraction of sp³-hybridized carbons (Fsp3) is 0.207. The summed E-state index contributed by atoms with van der Waals surface area (Å²) in [4.78, 5) is 29.9. The molecule has 8 nitrogen and oxygen atoms in total. The van der Waals surface area contributed by atoms with Gasteiger partial charge in [0.1, 0.15) is 11.5 Å². The number of anilines is 1. The smallest absolute Gasteiger partial charge is 0.227 e. The number of aromatic amines is 2. The normalized spacial score (nSPS) is 14.2. The van der Waals surface area contributed by atoms with E-state index in [0.717, 1.165) is 47.5 Å². The van der Waals surface area contributed by atoms with E-state index in [2.05, 4.69) is 35.5 Å². The highest BCUT2D eigenvalue weighted by molar-refractivity contribution is 7.14. The monoisotopic (exact) mass is 555 g/mol. The Balaban J connectivity index is 1.26. The average Bonchev–Trinajstić information content (AvgIpc) is 3.72. The summed E-state index contributed by atoms with van der Waals surface area (Å²) in [6.45, 7) is 0. The predicted octanol–water partition coefficient (Wildman–Crippen LogP) is 7.09. The number of imidazole rings is 1. The molecular formula is C29H23F2N7OS. The zero-order valence-corrected chi connectivity index (χ0v) is 22.0. The molecule has 0 radical (unpaired) electrons. The fourth-order valence-corrected chi connectivity index (χ4v) is 6.18. The van der Waals surface area contributed by atoms with Gasteiger partial charge in [-0.15, -0.1) is 11.3 Å². The number of H-pyrrole nitrogens is 2. The van der Waals surface area contributed by atoms with Gasteiger partial charge in [0.25, 0.3) is 0 Å². The molecule has 7 rings (SSSR count). The summed E-state index contributed by atoms with van der Waals surface area (Å²) in [6.07, 6.45) is 9.80. The first-order valence-electron chi connectivity index (χ1n) is 13.1. The molecule has 0 atom stereocenters. The first-order chi connectivity index (χ1) is 19.5. The summed E-state index contributed by atoms with van der Waals surface area (Å²) in [5.41, 5.74) is 3.95. The van der Waals surface area contributed by atoms with Gasteiger partial charge in [0.15, 0.2) is 16.6 Å². The lowest BCUT2D eigenvalue weighted by Gasteiger charge is -2.20. The second-order valence-electron chi connectivity index (χ2n) is 9.95. The number of amides is 1. The molecular weight excluding hydrogens is 532 g/mol. The number of nitrogens with zero attached hydrogens (tertiary/aromatic N) is 4. The Morgan fingerprint density at radius 1 is 1.02 bits per heavy atom. The number of rotatable bonds is 5. The molecule has 1 amide bonds. The number of pyridine rings is 2. The van der Waals surface area contributed by atoms with Gasteiger partial charge in [-0.05, 0) is 49.2 Å². The zero-order chi connectivity index (χ0) is 27.2. The second kappa shape index (κ2) is 9.91. The fourth-order valence-electron chi connectivity index (χ4n) is 5.42. The van der Waals surface area contributed by atoms with Crippen molar-refractivity contribution in [2.75, 3.05) is 5.32 Å². The molecule has 5 heterocycles. The quantitative estimate of drug-likeness (QED) is 0.210. The van der Waals surface area contributed by atoms with Crippen LogP contribution in [0.2, 0.25) is 0 Å². The van der Waals surface area contributed by atoms with E-state index in [1.807, 2.05) is 0 Å². The van der Waals surface area contributed by atoms with E-state index in [0.29, 0.717) is 45.0 Å². The lowest BCUT2D eigenvalue weighted by atomic mass is 9.88. The Bertz CT molecular complexity index is 1890. The van der Waals surface area contributed by atoms with Gasteiger partial charge < -0.3 is 10.3 Å². The third kappa shape index (κ3) is 4.32. The van der Waals surface area contributed by atoms with Crippen molar-refractivity contribution in [3.63, 3.8) is 0 Å². The molecule has 40 heavy (non-hydrogen) atoms. The molecule has 1 aliphatic rings. The lowest BCUT2D eigenvalue weighted by Crippen LogP contribution is -2.24. The van der Waals surface area contributed by atoms with Gasteiger partial charge in [-0.3, -0.25) is 14.9 Å². The van der Waals surface area contributed by atoms with Gasteiger partial charge in [0.2, 0.25) is 5.91 Å². The molecule has 200 valence electrons. The van der Waals surface area contributed by atoms with Gasteiger partial charge in [-0.25, -0.2) is 14.4 Å². The average molecular weight is 556 g/mol. The number of nitrogens with one attached hydrogen (secondary N) is 3. The van der Waals surface area contributed by atoms with Crippen molar-refractivity contribution in [1.29, 1.82) is 0 Å². The standard InChI is InChI=1S/C29H23F2N7OS/c30-22-9-8-21(40-22)19-10-11-33-27-25(19)35-28(36-27)26-23-20(37-38-26)7-6-18(24(23)31)16-12-17(14-32-13-16)34-29(39)15-4-2-1-3-5-15/h6-15H,1-5H2,(H,34,39)(H,37,38)(H,33,35,36). The van der Waals surface area contributed by atoms with E-state index in [1.165, 1.54) is 12.5 Å². The number of thiophene rings is 1. The molecule has 0 saturated heterocycles. The van der Waals surface area contributed by atoms with Crippen LogP contribution in [0.1, 0.15) is 32.1 Å². The number of hydrogen-bond donors (Lipinski definition) is 3. The lowest BCUT2D eigenvalue weighted by molar-refractivity contribution is -0.120. The van der Waals surface area contributed by atoms with Crippen LogP contribution >= 0.6 is 11.3 Å². The van der Waals surface area contributed by atoms with Gasteiger partial charge in [-0.1, -0.05) is 19.3 Å². The van der Waals surface area contributed by atoms with Crippen LogP contribution in [0, 0.1) is 16.9 Å². The number of hydrogen-bond acceptors (Lipinski definition) is 6. The van der Waals surface area contributed by atoms with Crippen molar-refractivity contribution in [1.82, 2.24) is 30.1 Å². The second-order valence-corrected chi connectivity index (χ2v) is 11.0. The maximum atomic E-state index is 16.1. The van der Waals surface area contributed by atoms with Crippen molar-refractivity contribution in [3.05, 3.63) is 65.9 Å². The maximum Gasteiger partial charge on any atom is 0.227 e. The highest BCUT2D eigenvalue weighted by Gasteiger charge is 2.23. The highest BCUT2D eigenvalue weighted by Crippen LogP contribution is 2.36. The Labute approximate surface area is 230 Å². The molecule has 6 aromatic rings. The van der Waals surface area contributed by atoms with E-state index >= 15 is 4.39 Å². The van der Waals surface area contributed by atoms with Crippen molar-refractivity contribution >= 4 is 45.0 Å². The predicted molar refractivity (Wildman–Crippen MR) is 151 cm³/mol. The molecule has 1 aliphatic carbocycles. The molecule has 0 spiro atoms. The van der Waals surface area contributed by atoms with Crippen molar-refractivity contribution in [2.24, 2.45) is 5.92 Å². The first kappa shape index (κ1) is 24.5. The topological polar surface area (TPSA) is 112 Å². The number of fused-ring (bicyclic) bond motifs is 2. The Kier molecular flexibility index (Phi) is 6.07. The number of benzene rings is 1. The molecule has 0 unspecified atom stereocenters. The molecule has 11 heteroatoms. The molecule has 1 saturated carbocycles. The van der Waals surface area contributed by atoms with Gasteiger partial charge in [0, 0.05) is 39.9 Å². The van der Waals surface area contributed by atoms with Crippen LogP contribution < -0.4 is 5.32 Å². The molecule has 0 aliphatic heterocycles. The summed E-state index contributed by atoms with van der Waals surface area (Å²) >= 11 is 1.02. The number of carbonyl (C=O) groups excluding carboxylic acids is 1. The minimum Gasteiger partial charge on any atom is -0.335 e. The van der Waals surface area contributed by atoms with Crippen LogP contribution in [0.15, 0.2) is 55.0 Å². The van der Waals surface area contributed by atoms with Crippen LogP contribution in [0.25, 0.3) is 55.2 Å². The van der Waals surface area contributed by atoms with E-state index in [-0.39, 0.29) is 22.3 Å². The number of carbonyl (C=O) groups is 1. The third-order valence-electron chi connectivity index (χ3n) is 7.41. The van der Waals surface area contributed by atoms with Crippen molar-refractivity contribution in [2.45, 2.75) is 32.1 Å². The van der Waals surface area contributed by atoms with E-state index < -0.39 is 5.82 Å². The minimum atomic E-state index is -0.493.